The Labute approximate surface area is 188 Å². The lowest BCUT2D eigenvalue weighted by molar-refractivity contribution is -0.384. The minimum atomic E-state index is -0.484. The highest BCUT2D eigenvalue weighted by Gasteiger charge is 2.27. The second-order valence-electron chi connectivity index (χ2n) is 7.68. The Balaban J connectivity index is 1.75. The number of nitro benzene ring substituents is 1. The molecule has 166 valence electrons. The Morgan fingerprint density at radius 2 is 1.76 bits per heavy atom. The first-order valence-electron chi connectivity index (χ1n) is 10.3. The summed E-state index contributed by atoms with van der Waals surface area (Å²) in [5, 5.41) is 11.6. The summed E-state index contributed by atoms with van der Waals surface area (Å²) in [6.07, 6.45) is 0.381. The van der Waals surface area contributed by atoms with Crippen molar-refractivity contribution in [3.05, 3.63) is 104 Å². The molecule has 33 heavy (non-hydrogen) atoms. The number of hydrogen-bond donors (Lipinski definition) is 1. The van der Waals surface area contributed by atoms with E-state index in [1.54, 1.807) is 38.5 Å². The number of fused-ring (bicyclic) bond motifs is 3. The van der Waals surface area contributed by atoms with E-state index in [1.165, 1.54) is 16.8 Å². The molecule has 1 aliphatic heterocycles. The smallest absolute Gasteiger partial charge is 0.279 e. The zero-order valence-electron chi connectivity index (χ0n) is 17.9. The zero-order valence-corrected chi connectivity index (χ0v) is 17.9. The normalized spacial score (nSPS) is 14.5. The van der Waals surface area contributed by atoms with E-state index in [9.17, 15) is 14.9 Å². The third-order valence-electron chi connectivity index (χ3n) is 5.85. The van der Waals surface area contributed by atoms with Gasteiger partial charge < -0.3 is 14.9 Å². The number of hydrogen-bond acceptors (Lipinski definition) is 7. The average molecular weight is 444 g/mol. The van der Waals surface area contributed by atoms with E-state index in [-0.39, 0.29) is 11.2 Å². The molecule has 0 saturated heterocycles. The summed E-state index contributed by atoms with van der Waals surface area (Å²) in [4.78, 5) is 28.8. The molecule has 1 aromatic heterocycles. The van der Waals surface area contributed by atoms with E-state index in [1.807, 2.05) is 24.3 Å². The molecule has 9 nitrogen and oxygen atoms in total. The van der Waals surface area contributed by atoms with Crippen LogP contribution in [0.2, 0.25) is 0 Å². The Bertz CT molecular complexity index is 1450. The first-order chi connectivity index (χ1) is 16.0. The Morgan fingerprint density at radius 3 is 2.45 bits per heavy atom. The average Bonchev–Trinajstić information content (AvgIpc) is 2.99. The minimum Gasteiger partial charge on any atom is -0.493 e. The molecule has 0 aliphatic carbocycles. The summed E-state index contributed by atoms with van der Waals surface area (Å²) in [5.74, 6) is 1.66. The monoisotopic (exact) mass is 444 g/mol. The standard InChI is InChI=1S/C24H20N4O5/c1-32-20-11-15-12-22-25-19-6-4-3-5-17(19)24(29)27(22)26-23(18(15)13-21(20)33-2)14-7-9-16(10-8-14)28(30)31/h3-11,13,23,26H,12H2,1-2H3. The molecule has 4 aromatic rings. The van der Waals surface area contributed by atoms with Gasteiger partial charge in [0.15, 0.2) is 11.5 Å². The van der Waals surface area contributed by atoms with Crippen LogP contribution < -0.4 is 20.5 Å². The van der Waals surface area contributed by atoms with E-state index >= 15 is 0 Å². The van der Waals surface area contributed by atoms with E-state index in [0.717, 1.165) is 16.7 Å². The topological polar surface area (TPSA) is 109 Å². The van der Waals surface area contributed by atoms with Crippen molar-refractivity contribution in [1.29, 1.82) is 0 Å². The number of non-ortho nitro benzene ring substituents is 1. The molecular weight excluding hydrogens is 424 g/mol. The molecular formula is C24H20N4O5. The highest BCUT2D eigenvalue weighted by Crippen LogP contribution is 2.38. The van der Waals surface area contributed by atoms with Crippen LogP contribution in [-0.2, 0) is 6.42 Å². The van der Waals surface area contributed by atoms with Crippen LogP contribution in [0.1, 0.15) is 28.6 Å². The number of rotatable bonds is 4. The van der Waals surface area contributed by atoms with Crippen molar-refractivity contribution < 1.29 is 14.4 Å². The number of benzene rings is 3. The Kier molecular flexibility index (Phi) is 4.93. The van der Waals surface area contributed by atoms with Gasteiger partial charge in [0.25, 0.3) is 11.2 Å². The van der Waals surface area contributed by atoms with Gasteiger partial charge in [0.05, 0.1) is 36.1 Å². The van der Waals surface area contributed by atoms with Crippen LogP contribution >= 0.6 is 0 Å². The van der Waals surface area contributed by atoms with Crippen LogP contribution in [0.3, 0.4) is 0 Å². The molecule has 0 radical (unpaired) electrons. The van der Waals surface area contributed by atoms with Gasteiger partial charge in [-0.2, -0.15) is 0 Å². The molecule has 1 unspecified atom stereocenters. The first kappa shape index (κ1) is 20.5. The zero-order chi connectivity index (χ0) is 23.1. The first-order valence-corrected chi connectivity index (χ1v) is 10.3. The SMILES string of the molecule is COc1cc2c(cc1OC)C(c1ccc([N+](=O)[O-])cc1)Nn1c(nc3ccccc3c1=O)C2. The van der Waals surface area contributed by atoms with Crippen molar-refractivity contribution in [3.8, 4) is 11.5 Å². The second-order valence-corrected chi connectivity index (χ2v) is 7.68. The minimum absolute atomic E-state index is 0.00913. The fraction of sp³-hybridized carbons (Fsp3) is 0.167. The highest BCUT2D eigenvalue weighted by atomic mass is 16.6. The van der Waals surface area contributed by atoms with Crippen LogP contribution in [0.4, 0.5) is 5.69 Å². The van der Waals surface area contributed by atoms with Crippen molar-refractivity contribution in [2.24, 2.45) is 0 Å². The lowest BCUT2D eigenvalue weighted by Gasteiger charge is -2.23. The van der Waals surface area contributed by atoms with Gasteiger partial charge in [0.1, 0.15) is 5.82 Å². The summed E-state index contributed by atoms with van der Waals surface area (Å²) >= 11 is 0. The van der Waals surface area contributed by atoms with Gasteiger partial charge in [-0.3, -0.25) is 14.9 Å². The number of ether oxygens (including phenoxy) is 2. The van der Waals surface area contributed by atoms with Gasteiger partial charge in [-0.25, -0.2) is 9.66 Å². The maximum atomic E-state index is 13.4. The predicted molar refractivity (Wildman–Crippen MR) is 123 cm³/mol. The van der Waals surface area contributed by atoms with Gasteiger partial charge in [-0.05, 0) is 53.1 Å². The Morgan fingerprint density at radius 1 is 1.06 bits per heavy atom. The van der Waals surface area contributed by atoms with Crippen molar-refractivity contribution in [1.82, 2.24) is 9.66 Å². The van der Waals surface area contributed by atoms with Gasteiger partial charge in [-0.15, -0.1) is 0 Å². The number of aromatic nitrogens is 2. The van der Waals surface area contributed by atoms with Crippen LogP contribution in [0.25, 0.3) is 10.9 Å². The van der Waals surface area contributed by atoms with E-state index in [4.69, 9.17) is 14.5 Å². The van der Waals surface area contributed by atoms with Crippen LogP contribution in [0.5, 0.6) is 11.5 Å². The largest absolute Gasteiger partial charge is 0.493 e. The number of methoxy groups -OCH3 is 2. The van der Waals surface area contributed by atoms with E-state index < -0.39 is 11.0 Å². The third kappa shape index (κ3) is 3.43. The molecule has 1 atom stereocenters. The summed E-state index contributed by atoms with van der Waals surface area (Å²) in [6.45, 7) is 0. The van der Waals surface area contributed by atoms with Gasteiger partial charge >= 0.3 is 0 Å². The molecule has 1 aliphatic rings. The number of nitrogens with zero attached hydrogens (tertiary/aromatic N) is 3. The lowest BCUT2D eigenvalue weighted by Crippen LogP contribution is -2.34. The predicted octanol–water partition coefficient (Wildman–Crippen LogP) is 3.56. The van der Waals surface area contributed by atoms with Crippen molar-refractivity contribution >= 4 is 16.6 Å². The third-order valence-corrected chi connectivity index (χ3v) is 5.85. The maximum Gasteiger partial charge on any atom is 0.279 e. The molecule has 5 rings (SSSR count). The van der Waals surface area contributed by atoms with Gasteiger partial charge in [0, 0.05) is 18.6 Å². The molecule has 0 saturated carbocycles. The quantitative estimate of drug-likeness (QED) is 0.379. The van der Waals surface area contributed by atoms with Crippen molar-refractivity contribution in [2.45, 2.75) is 12.5 Å². The summed E-state index contributed by atoms with van der Waals surface area (Å²) < 4.78 is 12.5. The summed E-state index contributed by atoms with van der Waals surface area (Å²) in [5.41, 5.74) is 6.21. The molecule has 9 heteroatoms. The lowest BCUT2D eigenvalue weighted by atomic mass is 9.93. The molecule has 0 fully saturated rings. The van der Waals surface area contributed by atoms with Gasteiger partial charge in [-0.1, -0.05) is 12.1 Å². The molecule has 0 amide bonds. The molecule has 0 bridgehead atoms. The van der Waals surface area contributed by atoms with Crippen molar-refractivity contribution in [3.63, 3.8) is 0 Å². The van der Waals surface area contributed by atoms with Crippen LogP contribution in [-0.4, -0.2) is 28.8 Å². The number of nitro groups is 1. The second kappa shape index (κ2) is 7.94. The van der Waals surface area contributed by atoms with Crippen LogP contribution in [0.15, 0.2) is 65.5 Å². The number of nitrogens with one attached hydrogen (secondary N) is 1. The Hall–Kier alpha value is -4.40. The maximum absolute atomic E-state index is 13.4. The molecule has 1 N–H and O–H groups in total. The highest BCUT2D eigenvalue weighted by molar-refractivity contribution is 5.77. The molecule has 0 spiro atoms. The fourth-order valence-electron chi connectivity index (χ4n) is 4.20. The molecule has 2 heterocycles. The fourth-order valence-corrected chi connectivity index (χ4v) is 4.20. The summed E-state index contributed by atoms with van der Waals surface area (Å²) in [6, 6.07) is 16.7. The van der Waals surface area contributed by atoms with E-state index in [0.29, 0.717) is 34.6 Å². The van der Waals surface area contributed by atoms with Crippen LogP contribution in [0, 0.1) is 10.1 Å². The number of para-hydroxylation sites is 1. The van der Waals surface area contributed by atoms with Gasteiger partial charge in [0.2, 0.25) is 0 Å². The van der Waals surface area contributed by atoms with E-state index in [2.05, 4.69) is 5.43 Å². The summed E-state index contributed by atoms with van der Waals surface area (Å²) in [7, 11) is 3.12. The van der Waals surface area contributed by atoms with Crippen molar-refractivity contribution in [2.75, 3.05) is 19.6 Å². The molecule has 3 aromatic carbocycles.